The van der Waals surface area contributed by atoms with Gasteiger partial charge in [-0.2, -0.15) is 13.2 Å². The number of nitrogens with two attached hydrogens (primary N) is 1. The summed E-state index contributed by atoms with van der Waals surface area (Å²) in [7, 11) is 0. The van der Waals surface area contributed by atoms with E-state index >= 15 is 0 Å². The van der Waals surface area contributed by atoms with Crippen LogP contribution < -0.4 is 11.3 Å². The second kappa shape index (κ2) is 5.90. The quantitative estimate of drug-likeness (QED) is 0.514. The Morgan fingerprint density at radius 1 is 1.10 bits per heavy atom. The number of nitrogen functional groups attached to an aromatic ring is 1. The fourth-order valence-electron chi connectivity index (χ4n) is 1.70. The molecular weight excluding hydrogens is 301 g/mol. The van der Waals surface area contributed by atoms with E-state index in [2.05, 4.69) is 15.4 Å². The zero-order valence-electron chi connectivity index (χ0n) is 11.3. The zero-order valence-corrected chi connectivity index (χ0v) is 12.1. The Hall–Kier alpha value is -1.80. The summed E-state index contributed by atoms with van der Waals surface area (Å²) in [4.78, 5) is 8.69. The summed E-state index contributed by atoms with van der Waals surface area (Å²) in [6, 6.07) is 5.89. The largest absolute Gasteiger partial charge is 0.446 e. The maximum absolute atomic E-state index is 12.3. The number of benzene rings is 1. The molecule has 0 spiro atoms. The molecule has 8 heteroatoms. The van der Waals surface area contributed by atoms with Crippen molar-refractivity contribution in [1.29, 1.82) is 0 Å². The van der Waals surface area contributed by atoms with Gasteiger partial charge in [0.05, 0.1) is 0 Å². The Morgan fingerprint density at radius 3 is 2.24 bits per heavy atom. The fourth-order valence-corrected chi connectivity index (χ4v) is 2.24. The van der Waals surface area contributed by atoms with Crippen LogP contribution in [0.3, 0.4) is 0 Å². The van der Waals surface area contributed by atoms with Crippen LogP contribution >= 0.6 is 11.8 Å². The molecule has 3 N–H and O–H groups in total. The van der Waals surface area contributed by atoms with Crippen LogP contribution in [0.4, 0.5) is 19.0 Å². The van der Waals surface area contributed by atoms with E-state index in [1.165, 1.54) is 12.1 Å². The Morgan fingerprint density at radius 2 is 1.71 bits per heavy atom. The highest BCUT2D eigenvalue weighted by Crippen LogP contribution is 2.37. The Balaban J connectivity index is 2.33. The first kappa shape index (κ1) is 15.6. The molecule has 0 unspecified atom stereocenters. The van der Waals surface area contributed by atoms with E-state index < -0.39 is 5.51 Å². The van der Waals surface area contributed by atoms with Crippen molar-refractivity contribution in [1.82, 2.24) is 9.97 Å². The van der Waals surface area contributed by atoms with Gasteiger partial charge >= 0.3 is 5.51 Å². The Kier molecular flexibility index (Phi) is 4.38. The van der Waals surface area contributed by atoms with E-state index in [4.69, 9.17) is 5.84 Å². The molecular formula is C13H13F3N4S. The zero-order chi connectivity index (χ0) is 15.6. The van der Waals surface area contributed by atoms with Gasteiger partial charge in [-0.05, 0) is 37.7 Å². The number of hydrogen-bond acceptors (Lipinski definition) is 5. The highest BCUT2D eigenvalue weighted by molar-refractivity contribution is 8.00. The number of anilines is 1. The van der Waals surface area contributed by atoms with Crippen molar-refractivity contribution in [3.63, 3.8) is 0 Å². The number of nitrogens with zero attached hydrogens (tertiary/aromatic N) is 2. The third kappa shape index (κ3) is 3.85. The maximum atomic E-state index is 12.3. The monoisotopic (exact) mass is 314 g/mol. The summed E-state index contributed by atoms with van der Waals surface area (Å²) in [6.45, 7) is 3.65. The molecule has 0 saturated heterocycles. The molecule has 2 aromatic rings. The molecule has 0 aliphatic rings. The van der Waals surface area contributed by atoms with Crippen molar-refractivity contribution in [2.45, 2.75) is 24.3 Å². The summed E-state index contributed by atoms with van der Waals surface area (Å²) in [5.41, 5.74) is 0.390. The summed E-state index contributed by atoms with van der Waals surface area (Å²) in [5.74, 6) is 6.29. The highest BCUT2D eigenvalue weighted by atomic mass is 32.2. The van der Waals surface area contributed by atoms with Gasteiger partial charge in [0.15, 0.2) is 5.82 Å². The van der Waals surface area contributed by atoms with Crippen LogP contribution in [0.2, 0.25) is 0 Å². The molecule has 0 bridgehead atoms. The van der Waals surface area contributed by atoms with Crippen LogP contribution in [0.1, 0.15) is 11.3 Å². The third-order valence-corrected chi connectivity index (χ3v) is 3.61. The van der Waals surface area contributed by atoms with Gasteiger partial charge in [-0.15, -0.1) is 0 Å². The SMILES string of the molecule is Cc1nc(-c2ccc(SC(F)(F)F)cc2)nc(NN)c1C. The second-order valence-electron chi connectivity index (χ2n) is 4.32. The maximum Gasteiger partial charge on any atom is 0.446 e. The van der Waals surface area contributed by atoms with Crippen LogP contribution in [0, 0.1) is 13.8 Å². The van der Waals surface area contributed by atoms with E-state index in [0.29, 0.717) is 17.2 Å². The minimum Gasteiger partial charge on any atom is -0.308 e. The normalized spacial score (nSPS) is 11.5. The van der Waals surface area contributed by atoms with E-state index in [-0.39, 0.29) is 16.7 Å². The van der Waals surface area contributed by atoms with E-state index in [1.807, 2.05) is 13.8 Å². The van der Waals surface area contributed by atoms with Gasteiger partial charge in [-0.3, -0.25) is 0 Å². The van der Waals surface area contributed by atoms with Crippen LogP contribution in [-0.4, -0.2) is 15.5 Å². The number of hydrogen-bond donors (Lipinski definition) is 2. The Bertz CT molecular complexity index is 641. The molecule has 0 saturated carbocycles. The highest BCUT2D eigenvalue weighted by Gasteiger charge is 2.29. The molecule has 21 heavy (non-hydrogen) atoms. The molecule has 0 atom stereocenters. The molecule has 1 aromatic carbocycles. The van der Waals surface area contributed by atoms with Gasteiger partial charge in [0, 0.05) is 21.7 Å². The average Bonchev–Trinajstić information content (AvgIpc) is 2.41. The van der Waals surface area contributed by atoms with Gasteiger partial charge in [-0.1, -0.05) is 12.1 Å². The molecule has 0 amide bonds. The van der Waals surface area contributed by atoms with Crippen molar-refractivity contribution >= 4 is 17.6 Å². The lowest BCUT2D eigenvalue weighted by atomic mass is 10.2. The van der Waals surface area contributed by atoms with Crippen LogP contribution in [0.15, 0.2) is 29.2 Å². The first-order valence-electron chi connectivity index (χ1n) is 5.98. The van der Waals surface area contributed by atoms with E-state index in [9.17, 15) is 13.2 Å². The predicted molar refractivity (Wildman–Crippen MR) is 76.7 cm³/mol. The van der Waals surface area contributed by atoms with Crippen molar-refractivity contribution in [3.8, 4) is 11.4 Å². The minimum absolute atomic E-state index is 0.118. The topological polar surface area (TPSA) is 63.8 Å². The number of alkyl halides is 3. The molecule has 0 radical (unpaired) electrons. The van der Waals surface area contributed by atoms with Crippen LogP contribution in [-0.2, 0) is 0 Å². The number of halogens is 3. The molecule has 0 aliphatic heterocycles. The smallest absolute Gasteiger partial charge is 0.308 e. The lowest BCUT2D eigenvalue weighted by Gasteiger charge is -2.10. The standard InChI is InChI=1S/C13H13F3N4S/c1-7-8(2)18-12(19-11(7)20-17)9-3-5-10(6-4-9)21-13(14,15)16/h3-6H,17H2,1-2H3,(H,18,19,20). The first-order valence-corrected chi connectivity index (χ1v) is 6.80. The van der Waals surface area contributed by atoms with Gasteiger partial charge in [-0.25, -0.2) is 15.8 Å². The fraction of sp³-hybridized carbons (Fsp3) is 0.231. The molecule has 0 fully saturated rings. The lowest BCUT2D eigenvalue weighted by molar-refractivity contribution is -0.0328. The van der Waals surface area contributed by atoms with Crippen molar-refractivity contribution in [2.75, 3.05) is 5.43 Å². The van der Waals surface area contributed by atoms with Crippen LogP contribution in [0.25, 0.3) is 11.4 Å². The number of thioether (sulfide) groups is 1. The van der Waals surface area contributed by atoms with Gasteiger partial charge < -0.3 is 5.43 Å². The van der Waals surface area contributed by atoms with Gasteiger partial charge in [0.2, 0.25) is 0 Å². The second-order valence-corrected chi connectivity index (χ2v) is 5.46. The molecule has 1 aromatic heterocycles. The summed E-state index contributed by atoms with van der Waals surface area (Å²) >= 11 is -0.155. The van der Waals surface area contributed by atoms with Crippen LogP contribution in [0.5, 0.6) is 0 Å². The van der Waals surface area contributed by atoms with Crippen molar-refractivity contribution < 1.29 is 13.2 Å². The average molecular weight is 314 g/mol. The first-order chi connectivity index (χ1) is 9.80. The molecule has 4 nitrogen and oxygen atoms in total. The number of hydrazine groups is 1. The lowest BCUT2D eigenvalue weighted by Crippen LogP contribution is -2.12. The molecule has 0 aliphatic carbocycles. The van der Waals surface area contributed by atoms with Gasteiger partial charge in [0.1, 0.15) is 5.82 Å². The molecule has 1 heterocycles. The predicted octanol–water partition coefficient (Wildman–Crippen LogP) is 3.66. The minimum atomic E-state index is -4.30. The molecule has 2 rings (SSSR count). The Labute approximate surface area is 124 Å². The number of rotatable bonds is 3. The van der Waals surface area contributed by atoms with Crippen molar-refractivity contribution in [3.05, 3.63) is 35.5 Å². The van der Waals surface area contributed by atoms with E-state index in [1.54, 1.807) is 12.1 Å². The molecule has 112 valence electrons. The number of aryl methyl sites for hydroxylation is 1. The van der Waals surface area contributed by atoms with Gasteiger partial charge in [0.25, 0.3) is 0 Å². The van der Waals surface area contributed by atoms with E-state index in [0.717, 1.165) is 11.3 Å². The summed E-state index contributed by atoms with van der Waals surface area (Å²) < 4.78 is 36.8. The van der Waals surface area contributed by atoms with Crippen molar-refractivity contribution in [2.24, 2.45) is 5.84 Å². The number of aromatic nitrogens is 2. The summed E-state index contributed by atoms with van der Waals surface area (Å²) in [5, 5.41) is 0. The summed E-state index contributed by atoms with van der Waals surface area (Å²) in [6.07, 6.45) is 0. The third-order valence-electron chi connectivity index (χ3n) is 2.87. The number of nitrogens with one attached hydrogen (secondary N) is 1.